The minimum Gasteiger partial charge on any atom is -0.416 e. The maximum Gasteiger partial charge on any atom is 0.277 e. The number of amides is 1. The lowest BCUT2D eigenvalue weighted by molar-refractivity contribution is -0.113. The molecule has 0 radical (unpaired) electrons. The van der Waals surface area contributed by atoms with Crippen LogP contribution in [-0.2, 0) is 17.6 Å². The quantitative estimate of drug-likeness (QED) is 0.646. The number of aromatic nitrogens is 2. The summed E-state index contributed by atoms with van der Waals surface area (Å²) in [7, 11) is 0. The van der Waals surface area contributed by atoms with Crippen LogP contribution in [0.1, 0.15) is 17.0 Å². The van der Waals surface area contributed by atoms with Gasteiger partial charge in [0.2, 0.25) is 11.8 Å². The smallest absolute Gasteiger partial charge is 0.277 e. The van der Waals surface area contributed by atoms with Crippen LogP contribution < -0.4 is 5.32 Å². The number of rotatable bonds is 7. The van der Waals surface area contributed by atoms with Crippen molar-refractivity contribution >= 4 is 23.4 Å². The predicted octanol–water partition coefficient (Wildman–Crippen LogP) is 3.46. The molecule has 3 rings (SSSR count). The number of carbonyl (C=O) groups excluding carboxylic acids is 1. The van der Waals surface area contributed by atoms with Gasteiger partial charge in [-0.15, -0.1) is 10.2 Å². The molecular formula is C19H16N4O2S. The fourth-order valence-electron chi connectivity index (χ4n) is 2.26. The van der Waals surface area contributed by atoms with E-state index in [0.717, 1.165) is 11.1 Å². The highest BCUT2D eigenvalue weighted by Crippen LogP contribution is 2.18. The number of anilines is 1. The minimum atomic E-state index is -0.161. The molecular weight excluding hydrogens is 348 g/mol. The Morgan fingerprint density at radius 1 is 1.08 bits per heavy atom. The molecule has 1 aromatic heterocycles. The van der Waals surface area contributed by atoms with E-state index < -0.39 is 0 Å². The third kappa shape index (κ3) is 5.19. The second kappa shape index (κ2) is 8.83. The van der Waals surface area contributed by atoms with Gasteiger partial charge in [-0.2, -0.15) is 5.26 Å². The zero-order chi connectivity index (χ0) is 18.2. The molecule has 1 N–H and O–H groups in total. The molecule has 0 spiro atoms. The molecule has 0 saturated heterocycles. The van der Waals surface area contributed by atoms with Crippen LogP contribution in [0.4, 0.5) is 5.69 Å². The molecule has 6 nitrogen and oxygen atoms in total. The highest BCUT2D eigenvalue weighted by atomic mass is 32.2. The molecule has 0 unspecified atom stereocenters. The zero-order valence-corrected chi connectivity index (χ0v) is 14.7. The van der Waals surface area contributed by atoms with Gasteiger partial charge in [0, 0.05) is 5.69 Å². The highest BCUT2D eigenvalue weighted by Gasteiger charge is 2.10. The first-order chi connectivity index (χ1) is 12.7. The molecule has 0 aliphatic carbocycles. The Morgan fingerprint density at radius 3 is 2.58 bits per heavy atom. The van der Waals surface area contributed by atoms with Crippen molar-refractivity contribution < 1.29 is 9.21 Å². The molecule has 0 saturated carbocycles. The van der Waals surface area contributed by atoms with Crippen LogP contribution in [0.2, 0.25) is 0 Å². The number of hydrogen-bond acceptors (Lipinski definition) is 6. The van der Waals surface area contributed by atoms with Crippen molar-refractivity contribution in [3.8, 4) is 6.07 Å². The first kappa shape index (κ1) is 17.7. The molecule has 1 heterocycles. The van der Waals surface area contributed by atoms with Gasteiger partial charge in [0.05, 0.1) is 24.7 Å². The first-order valence-electron chi connectivity index (χ1n) is 7.98. The second-order valence-electron chi connectivity index (χ2n) is 5.49. The average Bonchev–Trinajstić information content (AvgIpc) is 3.10. The van der Waals surface area contributed by atoms with Crippen molar-refractivity contribution in [1.29, 1.82) is 5.26 Å². The Hall–Kier alpha value is -3.11. The fraction of sp³-hybridized carbons (Fsp3) is 0.158. The standard InChI is InChI=1S/C19H16N4O2S/c20-11-10-14-6-8-16(9-7-14)21-17(24)13-26-19-23-22-18(25-19)12-15-4-2-1-3-5-15/h1-9H,10,12-13H2,(H,21,24). The van der Waals surface area contributed by atoms with Crippen LogP contribution in [0.3, 0.4) is 0 Å². The summed E-state index contributed by atoms with van der Waals surface area (Å²) in [6, 6.07) is 19.1. The summed E-state index contributed by atoms with van der Waals surface area (Å²) in [5.41, 5.74) is 2.69. The van der Waals surface area contributed by atoms with Crippen LogP contribution >= 0.6 is 11.8 Å². The molecule has 7 heteroatoms. The van der Waals surface area contributed by atoms with Crippen molar-refractivity contribution in [2.45, 2.75) is 18.1 Å². The maximum absolute atomic E-state index is 12.0. The maximum atomic E-state index is 12.0. The predicted molar refractivity (Wildman–Crippen MR) is 98.7 cm³/mol. The van der Waals surface area contributed by atoms with Crippen molar-refractivity contribution in [3.63, 3.8) is 0 Å². The van der Waals surface area contributed by atoms with Gasteiger partial charge in [0.25, 0.3) is 5.22 Å². The molecule has 1 amide bonds. The lowest BCUT2D eigenvalue weighted by Gasteiger charge is -2.04. The van der Waals surface area contributed by atoms with Gasteiger partial charge < -0.3 is 9.73 Å². The molecule has 3 aromatic rings. The third-order valence-electron chi connectivity index (χ3n) is 3.49. The van der Waals surface area contributed by atoms with E-state index in [4.69, 9.17) is 9.68 Å². The normalized spacial score (nSPS) is 10.3. The number of benzene rings is 2. The van der Waals surface area contributed by atoms with E-state index in [0.29, 0.717) is 29.6 Å². The Kier molecular flexibility index (Phi) is 6.01. The molecule has 0 fully saturated rings. The van der Waals surface area contributed by atoms with Gasteiger partial charge in [-0.25, -0.2) is 0 Å². The molecule has 2 aromatic carbocycles. The topological polar surface area (TPSA) is 91.8 Å². The van der Waals surface area contributed by atoms with Gasteiger partial charge in [0.1, 0.15) is 0 Å². The average molecular weight is 364 g/mol. The third-order valence-corrected chi connectivity index (χ3v) is 4.31. The number of thioether (sulfide) groups is 1. The van der Waals surface area contributed by atoms with E-state index in [1.54, 1.807) is 12.1 Å². The number of nitrogens with zero attached hydrogens (tertiary/aromatic N) is 3. The summed E-state index contributed by atoms with van der Waals surface area (Å²) in [5, 5.41) is 19.8. The molecule has 0 atom stereocenters. The molecule has 130 valence electrons. The Balaban J connectivity index is 1.48. The van der Waals surface area contributed by atoms with Crippen molar-refractivity contribution in [2.75, 3.05) is 11.1 Å². The summed E-state index contributed by atoms with van der Waals surface area (Å²) >= 11 is 1.20. The Labute approximate surface area is 155 Å². The SMILES string of the molecule is N#CCc1ccc(NC(=O)CSc2nnc(Cc3ccccc3)o2)cc1. The summed E-state index contributed by atoms with van der Waals surface area (Å²) in [6.07, 6.45) is 0.919. The van der Waals surface area contributed by atoms with Crippen molar-refractivity contribution in [3.05, 3.63) is 71.6 Å². The Morgan fingerprint density at radius 2 is 1.85 bits per heavy atom. The van der Waals surface area contributed by atoms with Crippen molar-refractivity contribution in [1.82, 2.24) is 10.2 Å². The number of nitriles is 1. The summed E-state index contributed by atoms with van der Waals surface area (Å²) in [4.78, 5) is 12.0. The largest absolute Gasteiger partial charge is 0.416 e. The van der Waals surface area contributed by atoms with Crippen molar-refractivity contribution in [2.24, 2.45) is 0 Å². The van der Waals surface area contributed by atoms with Crippen LogP contribution in [0.25, 0.3) is 0 Å². The Bertz CT molecular complexity index is 901. The molecule has 0 aliphatic heterocycles. The van der Waals surface area contributed by atoms with Gasteiger partial charge in [-0.05, 0) is 23.3 Å². The van der Waals surface area contributed by atoms with Crippen LogP contribution in [0, 0.1) is 11.3 Å². The van der Waals surface area contributed by atoms with E-state index in [-0.39, 0.29) is 11.7 Å². The van der Waals surface area contributed by atoms with E-state index in [9.17, 15) is 4.79 Å². The lowest BCUT2D eigenvalue weighted by Crippen LogP contribution is -2.13. The molecule has 0 aliphatic rings. The molecule has 0 bridgehead atoms. The zero-order valence-electron chi connectivity index (χ0n) is 13.9. The summed E-state index contributed by atoms with van der Waals surface area (Å²) in [5.74, 6) is 0.533. The first-order valence-corrected chi connectivity index (χ1v) is 8.96. The van der Waals surface area contributed by atoms with Crippen LogP contribution in [0.5, 0.6) is 0 Å². The number of carbonyl (C=O) groups is 1. The van der Waals surface area contributed by atoms with Crippen LogP contribution in [-0.4, -0.2) is 21.9 Å². The van der Waals surface area contributed by atoms with Gasteiger partial charge in [-0.1, -0.05) is 54.2 Å². The summed E-state index contributed by atoms with van der Waals surface area (Å²) < 4.78 is 5.56. The highest BCUT2D eigenvalue weighted by molar-refractivity contribution is 7.99. The summed E-state index contributed by atoms with van der Waals surface area (Å²) in [6.45, 7) is 0. The van der Waals surface area contributed by atoms with Crippen LogP contribution in [0.15, 0.2) is 64.2 Å². The van der Waals surface area contributed by atoms with E-state index in [1.165, 1.54) is 11.8 Å². The minimum absolute atomic E-state index is 0.161. The van der Waals surface area contributed by atoms with Gasteiger partial charge in [0.15, 0.2) is 0 Å². The second-order valence-corrected chi connectivity index (χ2v) is 6.42. The van der Waals surface area contributed by atoms with Gasteiger partial charge in [-0.3, -0.25) is 4.79 Å². The van der Waals surface area contributed by atoms with E-state index in [2.05, 4.69) is 21.6 Å². The monoisotopic (exact) mass is 364 g/mol. The van der Waals surface area contributed by atoms with E-state index in [1.807, 2.05) is 42.5 Å². The molecule has 26 heavy (non-hydrogen) atoms. The number of hydrogen-bond donors (Lipinski definition) is 1. The fourth-order valence-corrected chi connectivity index (χ4v) is 2.84. The number of nitrogens with one attached hydrogen (secondary N) is 1. The van der Waals surface area contributed by atoms with Gasteiger partial charge >= 0.3 is 0 Å². The lowest BCUT2D eigenvalue weighted by atomic mass is 10.1. The van der Waals surface area contributed by atoms with E-state index >= 15 is 0 Å².